The molecule has 0 saturated carbocycles. The number of hydrogen-bond donors (Lipinski definition) is 0. The molecule has 3 aromatic rings. The van der Waals surface area contributed by atoms with E-state index in [9.17, 15) is 4.79 Å². The van der Waals surface area contributed by atoms with Crippen LogP contribution < -0.4 is 4.90 Å². The molecule has 0 radical (unpaired) electrons. The van der Waals surface area contributed by atoms with Gasteiger partial charge in [-0.15, -0.1) is 11.3 Å². The van der Waals surface area contributed by atoms with E-state index in [1.807, 2.05) is 31.3 Å². The van der Waals surface area contributed by atoms with Crippen LogP contribution in [0.3, 0.4) is 0 Å². The molecule has 4 rings (SSSR count). The van der Waals surface area contributed by atoms with Gasteiger partial charge in [-0.1, -0.05) is 30.3 Å². The van der Waals surface area contributed by atoms with Crippen molar-refractivity contribution in [2.24, 2.45) is 0 Å². The number of para-hydroxylation sites is 2. The van der Waals surface area contributed by atoms with Gasteiger partial charge in [0, 0.05) is 38.9 Å². The minimum atomic E-state index is 0.155. The van der Waals surface area contributed by atoms with E-state index in [4.69, 9.17) is 0 Å². The van der Waals surface area contributed by atoms with E-state index in [0.29, 0.717) is 13.1 Å². The zero-order valence-corrected chi connectivity index (χ0v) is 16.4. The molecule has 1 fully saturated rings. The highest BCUT2D eigenvalue weighted by Gasteiger charge is 2.21. The van der Waals surface area contributed by atoms with Gasteiger partial charge in [-0.2, -0.15) is 0 Å². The van der Waals surface area contributed by atoms with E-state index >= 15 is 0 Å². The normalized spacial score (nSPS) is 15.2. The molecule has 1 aliphatic rings. The van der Waals surface area contributed by atoms with Gasteiger partial charge in [0.25, 0.3) is 0 Å². The number of anilines is 1. The van der Waals surface area contributed by atoms with Gasteiger partial charge in [0.1, 0.15) is 5.01 Å². The van der Waals surface area contributed by atoms with Crippen LogP contribution in [-0.4, -0.2) is 60.5 Å². The summed E-state index contributed by atoms with van der Waals surface area (Å²) < 4.78 is 1.17. The van der Waals surface area contributed by atoms with Crippen molar-refractivity contribution in [2.45, 2.75) is 6.54 Å². The van der Waals surface area contributed by atoms with Crippen molar-refractivity contribution in [3.05, 3.63) is 59.6 Å². The third kappa shape index (κ3) is 4.28. The minimum Gasteiger partial charge on any atom is -0.369 e. The Morgan fingerprint density at radius 1 is 1.04 bits per heavy atom. The largest absolute Gasteiger partial charge is 0.369 e. The maximum Gasteiger partial charge on any atom is 0.236 e. The van der Waals surface area contributed by atoms with Crippen molar-refractivity contribution >= 4 is 33.1 Å². The van der Waals surface area contributed by atoms with Crippen LogP contribution in [0, 0.1) is 0 Å². The number of hydrogen-bond acceptors (Lipinski definition) is 5. The maximum absolute atomic E-state index is 12.6. The molecule has 1 amide bonds. The molecule has 5 nitrogen and oxygen atoms in total. The first-order valence-electron chi connectivity index (χ1n) is 9.30. The zero-order chi connectivity index (χ0) is 18.6. The minimum absolute atomic E-state index is 0.155. The van der Waals surface area contributed by atoms with Gasteiger partial charge in [0.05, 0.1) is 23.3 Å². The molecule has 0 aliphatic carbocycles. The molecule has 27 heavy (non-hydrogen) atoms. The van der Waals surface area contributed by atoms with Crippen molar-refractivity contribution in [3.8, 4) is 0 Å². The Balaban J connectivity index is 1.29. The number of carbonyl (C=O) groups excluding carboxylic acids is 1. The zero-order valence-electron chi connectivity index (χ0n) is 15.5. The van der Waals surface area contributed by atoms with E-state index in [2.05, 4.69) is 45.1 Å². The summed E-state index contributed by atoms with van der Waals surface area (Å²) in [5.74, 6) is 0.155. The maximum atomic E-state index is 12.6. The molecule has 0 unspecified atom stereocenters. The number of amides is 1. The van der Waals surface area contributed by atoms with Crippen LogP contribution in [0.4, 0.5) is 5.69 Å². The Kier molecular flexibility index (Phi) is 5.36. The third-order valence-corrected chi connectivity index (χ3v) is 6.01. The molecule has 1 aliphatic heterocycles. The van der Waals surface area contributed by atoms with Crippen molar-refractivity contribution < 1.29 is 4.79 Å². The molecule has 140 valence electrons. The number of fused-ring (bicyclic) bond motifs is 1. The number of rotatable bonds is 5. The molecular formula is C21H24N4OS. The van der Waals surface area contributed by atoms with Gasteiger partial charge in [-0.25, -0.2) is 4.98 Å². The predicted molar refractivity (Wildman–Crippen MR) is 111 cm³/mol. The van der Waals surface area contributed by atoms with Crippen molar-refractivity contribution in [3.63, 3.8) is 0 Å². The van der Waals surface area contributed by atoms with Crippen LogP contribution in [0.2, 0.25) is 0 Å². The van der Waals surface area contributed by atoms with Crippen molar-refractivity contribution in [2.75, 3.05) is 44.7 Å². The smallest absolute Gasteiger partial charge is 0.236 e. The summed E-state index contributed by atoms with van der Waals surface area (Å²) in [7, 11) is 1.87. The lowest BCUT2D eigenvalue weighted by Gasteiger charge is -2.36. The monoisotopic (exact) mass is 380 g/mol. The van der Waals surface area contributed by atoms with Gasteiger partial charge in [0.15, 0.2) is 0 Å². The fourth-order valence-corrected chi connectivity index (χ4v) is 4.41. The van der Waals surface area contributed by atoms with Gasteiger partial charge >= 0.3 is 0 Å². The van der Waals surface area contributed by atoms with Crippen LogP contribution in [0.15, 0.2) is 54.6 Å². The fraction of sp³-hybridized carbons (Fsp3) is 0.333. The summed E-state index contributed by atoms with van der Waals surface area (Å²) in [4.78, 5) is 23.7. The summed E-state index contributed by atoms with van der Waals surface area (Å²) in [6.45, 7) is 4.79. The lowest BCUT2D eigenvalue weighted by molar-refractivity contribution is -0.131. The highest BCUT2D eigenvalue weighted by Crippen LogP contribution is 2.22. The van der Waals surface area contributed by atoms with Crippen LogP contribution in [0.25, 0.3) is 10.2 Å². The quantitative estimate of drug-likeness (QED) is 0.682. The number of nitrogens with zero attached hydrogens (tertiary/aromatic N) is 4. The van der Waals surface area contributed by atoms with Gasteiger partial charge in [-0.3, -0.25) is 9.69 Å². The topological polar surface area (TPSA) is 39.7 Å². The lowest BCUT2D eigenvalue weighted by atomic mass is 10.2. The summed E-state index contributed by atoms with van der Waals surface area (Å²) in [6, 6.07) is 18.6. The molecule has 6 heteroatoms. The first-order chi connectivity index (χ1) is 13.2. The number of benzene rings is 2. The predicted octanol–water partition coefficient (Wildman–Crippen LogP) is 3.08. The van der Waals surface area contributed by atoms with E-state index in [0.717, 1.165) is 36.7 Å². The molecule has 0 bridgehead atoms. The van der Waals surface area contributed by atoms with Crippen LogP contribution >= 0.6 is 11.3 Å². The van der Waals surface area contributed by atoms with Crippen LogP contribution in [0.5, 0.6) is 0 Å². The molecule has 0 N–H and O–H groups in total. The second kappa shape index (κ2) is 8.06. The van der Waals surface area contributed by atoms with Crippen LogP contribution in [0.1, 0.15) is 5.01 Å². The van der Waals surface area contributed by atoms with Gasteiger partial charge < -0.3 is 9.80 Å². The Hall–Kier alpha value is -2.44. The number of likely N-dealkylation sites (N-methyl/N-ethyl adjacent to an activating group) is 1. The average Bonchev–Trinajstić information content (AvgIpc) is 3.11. The molecule has 2 aromatic carbocycles. The average molecular weight is 381 g/mol. The van der Waals surface area contributed by atoms with Gasteiger partial charge in [-0.05, 0) is 24.3 Å². The molecule has 1 saturated heterocycles. The fourth-order valence-electron chi connectivity index (χ4n) is 3.39. The first-order valence-corrected chi connectivity index (χ1v) is 10.1. The number of aromatic nitrogens is 1. The lowest BCUT2D eigenvalue weighted by Crippen LogP contribution is -2.49. The third-order valence-electron chi connectivity index (χ3n) is 4.99. The Morgan fingerprint density at radius 2 is 1.74 bits per heavy atom. The van der Waals surface area contributed by atoms with Crippen molar-refractivity contribution in [1.82, 2.24) is 14.8 Å². The van der Waals surface area contributed by atoms with Crippen LogP contribution in [-0.2, 0) is 11.3 Å². The Labute approximate surface area is 163 Å². The number of carbonyl (C=O) groups is 1. The summed E-state index contributed by atoms with van der Waals surface area (Å²) in [5.41, 5.74) is 2.27. The van der Waals surface area contributed by atoms with E-state index < -0.39 is 0 Å². The van der Waals surface area contributed by atoms with E-state index in [-0.39, 0.29) is 5.91 Å². The summed E-state index contributed by atoms with van der Waals surface area (Å²) >= 11 is 1.66. The molecule has 0 spiro atoms. The van der Waals surface area contributed by atoms with E-state index in [1.54, 1.807) is 16.2 Å². The van der Waals surface area contributed by atoms with E-state index in [1.165, 1.54) is 10.4 Å². The Morgan fingerprint density at radius 3 is 2.48 bits per heavy atom. The SMILES string of the molecule is CN(Cc1nc2ccccc2s1)C(=O)CN1CCN(c2ccccc2)CC1. The van der Waals surface area contributed by atoms with Crippen molar-refractivity contribution in [1.29, 1.82) is 0 Å². The Bertz CT molecular complexity index is 870. The molecule has 1 aromatic heterocycles. The summed E-state index contributed by atoms with van der Waals surface area (Å²) in [5, 5.41) is 0.987. The second-order valence-electron chi connectivity index (χ2n) is 6.92. The molecular weight excluding hydrogens is 356 g/mol. The molecule has 2 heterocycles. The standard InChI is InChI=1S/C21H24N4OS/c1-23(15-20-22-18-9-5-6-10-19(18)27-20)21(26)16-24-11-13-25(14-12-24)17-7-3-2-4-8-17/h2-10H,11-16H2,1H3. The number of thiazole rings is 1. The first kappa shape index (κ1) is 17.9. The second-order valence-corrected chi connectivity index (χ2v) is 8.04. The number of piperazine rings is 1. The highest BCUT2D eigenvalue weighted by molar-refractivity contribution is 7.18. The highest BCUT2D eigenvalue weighted by atomic mass is 32.1. The van der Waals surface area contributed by atoms with Gasteiger partial charge in [0.2, 0.25) is 5.91 Å². The molecule has 0 atom stereocenters. The summed E-state index contributed by atoms with van der Waals surface area (Å²) in [6.07, 6.45) is 0.